The molecule has 9 nitrogen and oxygen atoms in total. The lowest BCUT2D eigenvalue weighted by Crippen LogP contribution is -2.15. The number of anilines is 1. The maximum Gasteiger partial charge on any atom is 0.437 e. The molecule has 3 aromatic heterocycles. The fraction of sp³-hybridized carbons (Fsp3) is 0.105. The number of carbonyl (C=O) groups excluding carboxylic acids is 1. The van der Waals surface area contributed by atoms with E-state index in [-0.39, 0.29) is 28.7 Å². The van der Waals surface area contributed by atoms with Gasteiger partial charge in [0.15, 0.2) is 5.69 Å². The molecule has 0 aliphatic rings. The number of aryl methyl sites for hydroxylation is 1. The minimum Gasteiger partial charge on any atom is -0.386 e. The molecule has 0 unspecified atom stereocenters. The average molecular weight is 448 g/mol. The standard InChI is InChI=1S/C19H12F4N6O3/c1-28-18(31)32-17(27-28)13-8-14(19(21,22)23)29(26-13)10-6-7-15(24-9-10)25-16(30)11-4-2-3-5-12(11)20/h2-9H,1H3,(H,24,25,30). The van der Waals surface area contributed by atoms with E-state index in [1.54, 1.807) is 0 Å². The van der Waals surface area contributed by atoms with Gasteiger partial charge in [0, 0.05) is 13.1 Å². The highest BCUT2D eigenvalue weighted by Gasteiger charge is 2.37. The Bertz CT molecular complexity index is 1350. The maximum absolute atomic E-state index is 13.7. The Morgan fingerprint density at radius 3 is 2.47 bits per heavy atom. The molecule has 0 bridgehead atoms. The Hall–Kier alpha value is -4.29. The molecule has 0 atom stereocenters. The summed E-state index contributed by atoms with van der Waals surface area (Å²) in [6.07, 6.45) is -3.75. The summed E-state index contributed by atoms with van der Waals surface area (Å²) in [5.74, 6) is -2.77. The smallest absolute Gasteiger partial charge is 0.386 e. The molecule has 4 aromatic rings. The lowest BCUT2D eigenvalue weighted by atomic mass is 10.2. The minimum atomic E-state index is -4.79. The summed E-state index contributed by atoms with van der Waals surface area (Å²) in [5, 5.41) is 9.88. The summed E-state index contributed by atoms with van der Waals surface area (Å²) in [5.41, 5.74) is -1.78. The predicted molar refractivity (Wildman–Crippen MR) is 101 cm³/mol. The molecule has 3 heterocycles. The van der Waals surface area contributed by atoms with Crippen molar-refractivity contribution in [1.29, 1.82) is 0 Å². The van der Waals surface area contributed by atoms with Crippen LogP contribution in [0.15, 0.2) is 57.9 Å². The molecule has 0 radical (unpaired) electrons. The molecule has 0 fully saturated rings. The molecule has 164 valence electrons. The second kappa shape index (κ2) is 7.76. The van der Waals surface area contributed by atoms with E-state index in [4.69, 9.17) is 4.42 Å². The molecular weight excluding hydrogens is 436 g/mol. The van der Waals surface area contributed by atoms with Crippen molar-refractivity contribution in [2.45, 2.75) is 6.18 Å². The molecule has 1 aromatic carbocycles. The van der Waals surface area contributed by atoms with Crippen molar-refractivity contribution < 1.29 is 26.8 Å². The maximum atomic E-state index is 13.7. The third-order valence-electron chi connectivity index (χ3n) is 4.26. The van der Waals surface area contributed by atoms with Crippen molar-refractivity contribution in [3.63, 3.8) is 0 Å². The fourth-order valence-electron chi connectivity index (χ4n) is 2.75. The van der Waals surface area contributed by atoms with E-state index < -0.39 is 29.4 Å². The van der Waals surface area contributed by atoms with Crippen molar-refractivity contribution in [2.24, 2.45) is 7.05 Å². The van der Waals surface area contributed by atoms with Crippen LogP contribution in [0.25, 0.3) is 17.3 Å². The van der Waals surface area contributed by atoms with E-state index >= 15 is 0 Å². The molecular formula is C19H12F4N6O3. The number of nitrogens with zero attached hydrogens (tertiary/aromatic N) is 5. The van der Waals surface area contributed by atoms with Gasteiger partial charge >= 0.3 is 11.9 Å². The number of benzene rings is 1. The third-order valence-corrected chi connectivity index (χ3v) is 4.26. The summed E-state index contributed by atoms with van der Waals surface area (Å²) in [6.45, 7) is 0. The predicted octanol–water partition coefficient (Wildman–Crippen LogP) is 3.03. The van der Waals surface area contributed by atoms with E-state index in [1.165, 1.54) is 37.4 Å². The molecule has 4 rings (SSSR count). The van der Waals surface area contributed by atoms with Gasteiger partial charge in [-0.2, -0.15) is 23.0 Å². The topological polar surface area (TPSA) is 108 Å². The number of pyridine rings is 1. The number of hydrogen-bond donors (Lipinski definition) is 1. The van der Waals surface area contributed by atoms with Crippen molar-refractivity contribution in [3.8, 4) is 17.3 Å². The first-order valence-corrected chi connectivity index (χ1v) is 8.87. The van der Waals surface area contributed by atoms with Gasteiger partial charge in [0.05, 0.1) is 17.4 Å². The van der Waals surface area contributed by atoms with Crippen LogP contribution in [0.3, 0.4) is 0 Å². The average Bonchev–Trinajstić information content (AvgIpc) is 3.33. The quantitative estimate of drug-likeness (QED) is 0.481. The van der Waals surface area contributed by atoms with Gasteiger partial charge in [-0.3, -0.25) is 4.79 Å². The first kappa shape index (κ1) is 21.0. The number of carbonyl (C=O) groups is 1. The molecule has 0 spiro atoms. The number of hydrogen-bond acceptors (Lipinski definition) is 6. The van der Waals surface area contributed by atoms with Gasteiger partial charge in [0.25, 0.3) is 11.8 Å². The number of alkyl halides is 3. The Labute approximate surface area is 175 Å². The molecule has 1 N–H and O–H groups in total. The Kier molecular flexibility index (Phi) is 5.08. The van der Waals surface area contributed by atoms with Crippen LogP contribution in [0.1, 0.15) is 16.1 Å². The van der Waals surface area contributed by atoms with Gasteiger partial charge in [0.2, 0.25) is 0 Å². The van der Waals surface area contributed by atoms with Crippen LogP contribution in [0.4, 0.5) is 23.4 Å². The van der Waals surface area contributed by atoms with E-state index in [0.717, 1.165) is 16.9 Å². The summed E-state index contributed by atoms with van der Waals surface area (Å²) in [4.78, 5) is 27.5. The van der Waals surface area contributed by atoms with Crippen molar-refractivity contribution >= 4 is 11.7 Å². The normalized spacial score (nSPS) is 11.5. The SMILES string of the molecule is Cn1nc(-c2cc(C(F)(F)F)n(-c3ccc(NC(=O)c4ccccc4F)nc3)n2)oc1=O. The molecule has 0 saturated heterocycles. The monoisotopic (exact) mass is 448 g/mol. The highest BCUT2D eigenvalue weighted by atomic mass is 19.4. The summed E-state index contributed by atoms with van der Waals surface area (Å²) in [6, 6.07) is 8.43. The molecule has 0 aliphatic carbocycles. The van der Waals surface area contributed by atoms with Crippen molar-refractivity contribution in [1.82, 2.24) is 24.5 Å². The van der Waals surface area contributed by atoms with E-state index in [2.05, 4.69) is 20.5 Å². The Morgan fingerprint density at radius 2 is 1.88 bits per heavy atom. The third kappa shape index (κ3) is 3.99. The Balaban J connectivity index is 1.65. The molecule has 1 amide bonds. The van der Waals surface area contributed by atoms with Gasteiger partial charge in [-0.1, -0.05) is 12.1 Å². The van der Waals surface area contributed by atoms with Crippen LogP contribution in [0, 0.1) is 5.82 Å². The van der Waals surface area contributed by atoms with Crippen LogP contribution >= 0.6 is 0 Å². The zero-order valence-corrected chi connectivity index (χ0v) is 16.1. The van der Waals surface area contributed by atoms with E-state index in [1.807, 2.05) is 0 Å². The van der Waals surface area contributed by atoms with E-state index in [0.29, 0.717) is 10.7 Å². The molecule has 0 aliphatic heterocycles. The van der Waals surface area contributed by atoms with Gasteiger partial charge in [-0.25, -0.2) is 18.9 Å². The van der Waals surface area contributed by atoms with Crippen LogP contribution in [0.2, 0.25) is 0 Å². The van der Waals surface area contributed by atoms with Crippen LogP contribution in [-0.4, -0.2) is 30.5 Å². The zero-order chi connectivity index (χ0) is 23.0. The summed E-state index contributed by atoms with van der Waals surface area (Å²) in [7, 11) is 1.27. The molecule has 13 heteroatoms. The van der Waals surface area contributed by atoms with Crippen molar-refractivity contribution in [3.05, 3.63) is 76.3 Å². The summed E-state index contributed by atoms with van der Waals surface area (Å²) >= 11 is 0. The minimum absolute atomic E-state index is 0.0151. The molecule has 0 saturated carbocycles. The lowest BCUT2D eigenvalue weighted by molar-refractivity contribution is -0.142. The van der Waals surface area contributed by atoms with E-state index in [9.17, 15) is 27.2 Å². The van der Waals surface area contributed by atoms with Gasteiger partial charge in [-0.15, -0.1) is 5.10 Å². The second-order valence-electron chi connectivity index (χ2n) is 6.46. The first-order valence-electron chi connectivity index (χ1n) is 8.87. The Morgan fingerprint density at radius 1 is 1.12 bits per heavy atom. The largest absolute Gasteiger partial charge is 0.437 e. The lowest BCUT2D eigenvalue weighted by Gasteiger charge is -2.10. The highest BCUT2D eigenvalue weighted by Crippen LogP contribution is 2.33. The number of nitrogens with one attached hydrogen (secondary N) is 1. The van der Waals surface area contributed by atoms with Crippen LogP contribution in [0.5, 0.6) is 0 Å². The zero-order valence-electron chi connectivity index (χ0n) is 16.1. The van der Waals surface area contributed by atoms with Crippen LogP contribution in [-0.2, 0) is 13.2 Å². The number of rotatable bonds is 4. The second-order valence-corrected chi connectivity index (χ2v) is 6.46. The van der Waals surface area contributed by atoms with Crippen molar-refractivity contribution in [2.75, 3.05) is 5.32 Å². The number of aromatic nitrogens is 5. The number of amides is 1. The van der Waals surface area contributed by atoms with Gasteiger partial charge in [-0.05, 0) is 24.3 Å². The summed E-state index contributed by atoms with van der Waals surface area (Å²) < 4.78 is 60.5. The number of halogens is 4. The molecule has 32 heavy (non-hydrogen) atoms. The fourth-order valence-corrected chi connectivity index (χ4v) is 2.75. The van der Waals surface area contributed by atoms with Crippen LogP contribution < -0.4 is 11.1 Å². The van der Waals surface area contributed by atoms with Gasteiger partial charge < -0.3 is 9.73 Å². The van der Waals surface area contributed by atoms with Gasteiger partial charge in [0.1, 0.15) is 17.3 Å². The highest BCUT2D eigenvalue weighted by molar-refractivity contribution is 6.03. The first-order chi connectivity index (χ1) is 15.1.